The summed E-state index contributed by atoms with van der Waals surface area (Å²) in [5, 5.41) is 18.7. The molecule has 2 N–H and O–H groups in total. The monoisotopic (exact) mass is 828 g/mol. The number of hydrogen-bond acceptors (Lipinski definition) is 14. The second-order valence-corrected chi connectivity index (χ2v) is 19.2. The molecule has 4 atom stereocenters. The fraction of sp³-hybridized carbons (Fsp3) is 0.576. The van der Waals surface area contributed by atoms with Crippen molar-refractivity contribution in [1.29, 1.82) is 0 Å². The average molecular weight is 829 g/mol. The number of rotatable bonds is 14. The van der Waals surface area contributed by atoms with Crippen LogP contribution in [0.2, 0.25) is 0 Å². The van der Waals surface area contributed by atoms with E-state index in [4.69, 9.17) is 22.9 Å². The van der Waals surface area contributed by atoms with E-state index in [1.165, 1.54) is 9.80 Å². The Morgan fingerprint density at radius 2 is 1.11 bits per heavy atom. The third kappa shape index (κ3) is 15.0. The summed E-state index contributed by atoms with van der Waals surface area (Å²) >= 11 is 0. The van der Waals surface area contributed by atoms with Gasteiger partial charge in [0.05, 0.1) is 49.7 Å². The van der Waals surface area contributed by atoms with E-state index in [2.05, 4.69) is 10.7 Å². The Morgan fingerprint density at radius 1 is 0.717 bits per heavy atom. The molecule has 2 heterocycles. The van der Waals surface area contributed by atoms with Crippen molar-refractivity contribution in [2.24, 2.45) is 11.8 Å². The van der Waals surface area contributed by atoms with Gasteiger partial charge in [-0.2, -0.15) is 16.8 Å². The molecule has 4 rings (SSSR count). The highest BCUT2D eigenvalue weighted by molar-refractivity contribution is 8.13. The number of hydrogen-bond donors (Lipinski definition) is 2. The molecule has 0 spiro atoms. The Hall–Kier alpha value is -3.04. The van der Waals surface area contributed by atoms with Crippen LogP contribution in [0.3, 0.4) is 0 Å². The fourth-order valence-corrected chi connectivity index (χ4v) is 6.62. The van der Waals surface area contributed by atoms with Crippen molar-refractivity contribution in [3.8, 4) is 0 Å². The number of amides is 2. The highest BCUT2D eigenvalue weighted by Crippen LogP contribution is 2.41. The fourth-order valence-electron chi connectivity index (χ4n) is 5.81. The lowest BCUT2D eigenvalue weighted by molar-refractivity contribution is -0.102. The molecule has 0 aromatic heterocycles. The first-order valence-corrected chi connectivity index (χ1v) is 22.7. The van der Waals surface area contributed by atoms with Gasteiger partial charge in [0, 0.05) is 30.4 Å². The molecule has 20 heteroatoms. The van der Waals surface area contributed by atoms with Crippen molar-refractivity contribution >= 4 is 52.2 Å². The maximum absolute atomic E-state index is 12.6. The van der Waals surface area contributed by atoms with Crippen molar-refractivity contribution in [3.63, 3.8) is 0 Å². The van der Waals surface area contributed by atoms with Gasteiger partial charge in [0.2, 0.25) is 9.05 Å². The minimum atomic E-state index is -3.75. The number of carbonyl (C=O) groups is 2. The van der Waals surface area contributed by atoms with Gasteiger partial charge in [-0.15, -0.1) is 0 Å². The Labute approximate surface area is 316 Å². The summed E-state index contributed by atoms with van der Waals surface area (Å²) in [6, 6.07) is 18.6. The maximum Gasteiger partial charge on any atom is 0.410 e. The van der Waals surface area contributed by atoms with Gasteiger partial charge in [-0.05, 0) is 35.8 Å². The van der Waals surface area contributed by atoms with Gasteiger partial charge in [0.1, 0.15) is 13.2 Å². The summed E-state index contributed by atoms with van der Waals surface area (Å²) in [4.78, 5) is 27.6. The van der Waals surface area contributed by atoms with E-state index in [9.17, 15) is 39.9 Å². The quantitative estimate of drug-likeness (QED) is 0.207. The molecule has 300 valence electrons. The van der Waals surface area contributed by atoms with Gasteiger partial charge in [-0.25, -0.2) is 18.0 Å². The molecule has 2 aromatic carbocycles. The molecular formula is C33H49ClN2O14S3. The van der Waals surface area contributed by atoms with E-state index in [1.54, 1.807) is 0 Å². The summed E-state index contributed by atoms with van der Waals surface area (Å²) in [7, 11) is -6.11. The molecule has 2 fully saturated rings. The topological polar surface area (TPSA) is 220 Å². The minimum absolute atomic E-state index is 0.0621. The number of ether oxygens (including phenoxy) is 2. The van der Waals surface area contributed by atoms with Crippen molar-refractivity contribution < 1.29 is 62.9 Å². The molecule has 2 aromatic rings. The van der Waals surface area contributed by atoms with Crippen molar-refractivity contribution in [1.82, 2.24) is 9.80 Å². The second kappa shape index (κ2) is 20.0. The van der Waals surface area contributed by atoms with Gasteiger partial charge in [-0.3, -0.25) is 18.2 Å². The van der Waals surface area contributed by atoms with Gasteiger partial charge < -0.3 is 19.7 Å². The van der Waals surface area contributed by atoms with E-state index in [0.29, 0.717) is 19.5 Å². The molecule has 16 nitrogen and oxygen atoms in total. The maximum atomic E-state index is 12.6. The summed E-state index contributed by atoms with van der Waals surface area (Å²) in [6.45, 7) is 4.22. The van der Waals surface area contributed by atoms with Crippen molar-refractivity contribution in [2.45, 2.75) is 51.0 Å². The zero-order chi connectivity index (χ0) is 40.1. The highest BCUT2D eigenvalue weighted by atomic mass is 35.7. The predicted octanol–water partition coefficient (Wildman–Crippen LogP) is 2.93. The first-order valence-electron chi connectivity index (χ1n) is 16.3. The van der Waals surface area contributed by atoms with Crippen LogP contribution >= 0.6 is 10.7 Å². The van der Waals surface area contributed by atoms with Crippen LogP contribution in [0, 0.1) is 11.8 Å². The van der Waals surface area contributed by atoms with Crippen LogP contribution < -0.4 is 0 Å². The molecule has 0 unspecified atom stereocenters. The van der Waals surface area contributed by atoms with E-state index in [-0.39, 0.29) is 57.9 Å². The molecule has 2 aliphatic heterocycles. The second-order valence-electron chi connectivity index (χ2n) is 12.9. The number of carbonyl (C=O) groups excluding carboxylic acids is 2. The van der Waals surface area contributed by atoms with E-state index < -0.39 is 52.6 Å². The normalized spacial score (nSPS) is 22.5. The molecule has 2 aliphatic rings. The van der Waals surface area contributed by atoms with Crippen LogP contribution in [0.4, 0.5) is 9.59 Å². The molecule has 0 radical (unpaired) electrons. The number of likely N-dealkylation sites (tertiary alicyclic amines) is 2. The molecule has 2 saturated heterocycles. The minimum Gasteiger partial charge on any atom is -0.445 e. The number of benzene rings is 2. The lowest BCUT2D eigenvalue weighted by atomic mass is 9.73. The summed E-state index contributed by atoms with van der Waals surface area (Å²) in [6.07, 6.45) is 2.14. The van der Waals surface area contributed by atoms with Gasteiger partial charge in [0.15, 0.2) is 0 Å². The Bertz CT molecular complexity index is 1790. The Balaban J connectivity index is 0.000000338. The largest absolute Gasteiger partial charge is 0.445 e. The molecule has 0 bridgehead atoms. The predicted molar refractivity (Wildman–Crippen MR) is 196 cm³/mol. The third-order valence-corrected chi connectivity index (χ3v) is 9.99. The molecule has 53 heavy (non-hydrogen) atoms. The van der Waals surface area contributed by atoms with Crippen LogP contribution in [0.25, 0.3) is 0 Å². The van der Waals surface area contributed by atoms with Crippen molar-refractivity contribution in [2.75, 3.05) is 58.3 Å². The van der Waals surface area contributed by atoms with Crippen LogP contribution in [-0.4, -0.2) is 127 Å². The van der Waals surface area contributed by atoms with Crippen LogP contribution in [0.15, 0.2) is 60.7 Å². The SMILES string of the molecule is CS(=O)(=O)Cl.C[C@H]1CN(C(=O)OCc2ccccc2)[C@@]1(CCOS(C)(=O)=O)COS(C)(=O)=O.C[C@H]1CN(C(=O)OCc2ccccc2)[C@]1(CO)CCO. The Kier molecular flexibility index (Phi) is 17.4. The lowest BCUT2D eigenvalue weighted by Crippen LogP contribution is -2.70. The first kappa shape index (κ1) is 46.1. The van der Waals surface area contributed by atoms with E-state index >= 15 is 0 Å². The van der Waals surface area contributed by atoms with E-state index in [0.717, 1.165) is 29.9 Å². The van der Waals surface area contributed by atoms with E-state index in [1.807, 2.05) is 74.5 Å². The smallest absolute Gasteiger partial charge is 0.410 e. The standard InChI is InChI=1S/C17H25NO8S2.C15H21NO4.CH3ClO2S/c1-14-11-18(16(19)24-12-15-7-5-4-6-8-15)17(14,13-26-28(3,22)23)9-10-25-27(2,20)21;1-12-9-16(15(12,11-18)7-8-17)14(19)20-10-13-5-3-2-4-6-13;1-5(2,3)4/h4-8,14H,9-13H2,1-3H3;2-6,12,17-18H,7-11H2,1H3;1H3/t14-,17-;12-,15-;/m00./s1. The number of halogens is 1. The molecule has 0 saturated carbocycles. The number of aliphatic hydroxyl groups is 2. The third-order valence-electron chi connectivity index (χ3n) is 8.85. The van der Waals surface area contributed by atoms with Crippen molar-refractivity contribution in [3.05, 3.63) is 71.8 Å². The van der Waals surface area contributed by atoms with Crippen LogP contribution in [0.5, 0.6) is 0 Å². The summed E-state index contributed by atoms with van der Waals surface area (Å²) in [5.41, 5.74) is 0.0124. The summed E-state index contributed by atoms with van der Waals surface area (Å²) in [5.74, 6) is 0.0191. The lowest BCUT2D eigenvalue weighted by Gasteiger charge is -2.56. The van der Waals surface area contributed by atoms with Crippen LogP contribution in [0.1, 0.15) is 37.8 Å². The average Bonchev–Trinajstić information content (AvgIpc) is 3.07. The summed E-state index contributed by atoms with van der Waals surface area (Å²) < 4.78 is 84.6. The van der Waals surface area contributed by atoms with Crippen LogP contribution in [-0.2, 0) is 60.3 Å². The zero-order valence-electron chi connectivity index (χ0n) is 30.3. The molecule has 0 aliphatic carbocycles. The Morgan fingerprint density at radius 3 is 1.45 bits per heavy atom. The highest BCUT2D eigenvalue weighted by Gasteiger charge is 2.55. The number of aliphatic hydroxyl groups excluding tert-OH is 2. The van der Waals surface area contributed by atoms with Gasteiger partial charge in [0.25, 0.3) is 20.2 Å². The first-order chi connectivity index (χ1) is 24.6. The van der Waals surface area contributed by atoms with Gasteiger partial charge >= 0.3 is 12.2 Å². The van der Waals surface area contributed by atoms with Gasteiger partial charge in [-0.1, -0.05) is 74.5 Å². The zero-order valence-corrected chi connectivity index (χ0v) is 33.5. The molecular weight excluding hydrogens is 780 g/mol. The molecule has 2 amide bonds. The number of nitrogens with zero attached hydrogens (tertiary/aromatic N) is 2.